The zero-order valence-electron chi connectivity index (χ0n) is 16.4. The lowest BCUT2D eigenvalue weighted by Crippen LogP contribution is -2.48. The van der Waals surface area contributed by atoms with Crippen LogP contribution in [0, 0.1) is 0 Å². The molecule has 0 atom stereocenters. The average molecular weight is 388 g/mol. The summed E-state index contributed by atoms with van der Waals surface area (Å²) in [6.45, 7) is 4.30. The quantitative estimate of drug-likeness (QED) is 0.784. The van der Waals surface area contributed by atoms with Gasteiger partial charge in [-0.3, -0.25) is 4.79 Å². The molecule has 10 heteroatoms. The number of aromatic nitrogens is 3. The number of amides is 1. The number of rotatable bonds is 6. The Morgan fingerprint density at radius 3 is 2.21 bits per heavy atom. The number of benzene rings is 1. The highest BCUT2D eigenvalue weighted by Gasteiger charge is 2.20. The van der Waals surface area contributed by atoms with Gasteiger partial charge in [0.1, 0.15) is 0 Å². The highest BCUT2D eigenvalue weighted by molar-refractivity contribution is 5.73. The molecule has 2 heterocycles. The Bertz CT molecular complexity index is 814. The highest BCUT2D eigenvalue weighted by atomic mass is 16.5. The molecule has 1 saturated heterocycles. The van der Waals surface area contributed by atoms with Gasteiger partial charge in [0, 0.05) is 50.9 Å². The predicted octanol–water partition coefficient (Wildman–Crippen LogP) is 1.31. The van der Waals surface area contributed by atoms with Crippen LogP contribution < -0.4 is 24.4 Å². The highest BCUT2D eigenvalue weighted by Crippen LogP contribution is 2.40. The first kappa shape index (κ1) is 19.5. The number of piperazine rings is 1. The molecule has 28 heavy (non-hydrogen) atoms. The van der Waals surface area contributed by atoms with Crippen LogP contribution in [-0.2, 0) is 4.79 Å². The van der Waals surface area contributed by atoms with E-state index >= 15 is 0 Å². The van der Waals surface area contributed by atoms with Crippen LogP contribution in [0.2, 0.25) is 0 Å². The second-order valence-electron chi connectivity index (χ2n) is 6.17. The van der Waals surface area contributed by atoms with E-state index in [-0.39, 0.29) is 5.91 Å². The van der Waals surface area contributed by atoms with Crippen LogP contribution in [0.25, 0.3) is 0 Å². The number of nitrogens with one attached hydrogen (secondary N) is 1. The van der Waals surface area contributed by atoms with Gasteiger partial charge >= 0.3 is 0 Å². The summed E-state index contributed by atoms with van der Waals surface area (Å²) < 4.78 is 16.1. The Balaban J connectivity index is 1.77. The Morgan fingerprint density at radius 2 is 1.68 bits per heavy atom. The molecule has 150 valence electrons. The Kier molecular flexibility index (Phi) is 5.97. The molecule has 10 nitrogen and oxygen atoms in total. The van der Waals surface area contributed by atoms with Gasteiger partial charge in [-0.2, -0.15) is 10.1 Å². The minimum Gasteiger partial charge on any atom is -0.493 e. The van der Waals surface area contributed by atoms with Gasteiger partial charge in [-0.1, -0.05) is 0 Å². The maximum atomic E-state index is 11.5. The number of anilines is 3. The van der Waals surface area contributed by atoms with Gasteiger partial charge in [0.05, 0.1) is 27.5 Å². The van der Waals surface area contributed by atoms with Crippen LogP contribution >= 0.6 is 0 Å². The van der Waals surface area contributed by atoms with E-state index in [1.54, 1.807) is 46.6 Å². The minimum atomic E-state index is 0.0882. The zero-order chi connectivity index (χ0) is 20.1. The van der Waals surface area contributed by atoms with Gasteiger partial charge in [0.2, 0.25) is 17.6 Å². The van der Waals surface area contributed by atoms with Gasteiger partial charge in [-0.05, 0) is 0 Å². The summed E-state index contributed by atoms with van der Waals surface area (Å²) in [5, 5.41) is 11.2. The molecule has 1 fully saturated rings. The molecule has 0 radical (unpaired) electrons. The number of carbonyl (C=O) groups excluding carboxylic acids is 1. The van der Waals surface area contributed by atoms with Crippen molar-refractivity contribution in [3.8, 4) is 17.2 Å². The Labute approximate surface area is 163 Å². The molecule has 1 amide bonds. The molecule has 1 N–H and O–H groups in total. The van der Waals surface area contributed by atoms with E-state index in [2.05, 4.69) is 25.4 Å². The van der Waals surface area contributed by atoms with Crippen molar-refractivity contribution < 1.29 is 19.0 Å². The van der Waals surface area contributed by atoms with E-state index in [1.807, 2.05) is 4.90 Å². The van der Waals surface area contributed by atoms with Crippen LogP contribution in [0.3, 0.4) is 0 Å². The van der Waals surface area contributed by atoms with Crippen LogP contribution in [0.5, 0.6) is 17.2 Å². The molecule has 0 spiro atoms. The number of carbonyl (C=O) groups is 1. The van der Waals surface area contributed by atoms with Crippen molar-refractivity contribution in [3.63, 3.8) is 0 Å². The molecule has 0 bridgehead atoms. The molecule has 1 aliphatic heterocycles. The minimum absolute atomic E-state index is 0.0882. The SMILES string of the molecule is COc1cc(Nc2nncc(N3CCN(C(C)=O)CC3)n2)cc(OC)c1OC. The first-order valence-corrected chi connectivity index (χ1v) is 8.83. The lowest BCUT2D eigenvalue weighted by atomic mass is 10.2. The average Bonchev–Trinajstić information content (AvgIpc) is 2.73. The number of nitrogens with zero attached hydrogens (tertiary/aromatic N) is 5. The molecule has 2 aromatic rings. The molecule has 0 aliphatic carbocycles. The summed E-state index contributed by atoms with van der Waals surface area (Å²) >= 11 is 0. The summed E-state index contributed by atoms with van der Waals surface area (Å²) in [4.78, 5) is 19.9. The monoisotopic (exact) mass is 388 g/mol. The van der Waals surface area contributed by atoms with E-state index in [1.165, 1.54) is 0 Å². The Hall–Kier alpha value is -3.30. The van der Waals surface area contributed by atoms with Crippen molar-refractivity contribution in [1.82, 2.24) is 20.1 Å². The van der Waals surface area contributed by atoms with Gasteiger partial charge in [0.25, 0.3) is 0 Å². The predicted molar refractivity (Wildman–Crippen MR) is 104 cm³/mol. The topological polar surface area (TPSA) is 102 Å². The van der Waals surface area contributed by atoms with E-state index in [0.717, 1.165) is 0 Å². The second-order valence-corrected chi connectivity index (χ2v) is 6.17. The third-order valence-corrected chi connectivity index (χ3v) is 4.52. The number of ether oxygens (including phenoxy) is 3. The van der Waals surface area contributed by atoms with Crippen LogP contribution in [-0.4, -0.2) is 73.5 Å². The van der Waals surface area contributed by atoms with Crippen LogP contribution in [0.4, 0.5) is 17.5 Å². The Morgan fingerprint density at radius 1 is 1.04 bits per heavy atom. The second kappa shape index (κ2) is 8.59. The number of hydrogen-bond donors (Lipinski definition) is 1. The fourth-order valence-corrected chi connectivity index (χ4v) is 3.03. The van der Waals surface area contributed by atoms with Crippen LogP contribution in [0.15, 0.2) is 18.3 Å². The first-order valence-electron chi connectivity index (χ1n) is 8.83. The summed E-state index contributed by atoms with van der Waals surface area (Å²) in [5.74, 6) is 2.69. The van der Waals surface area contributed by atoms with Crippen LogP contribution in [0.1, 0.15) is 6.92 Å². The molecular weight excluding hydrogens is 364 g/mol. The van der Waals surface area contributed by atoms with E-state index < -0.39 is 0 Å². The molecule has 1 aromatic carbocycles. The van der Waals surface area contributed by atoms with Gasteiger partial charge < -0.3 is 29.3 Å². The molecule has 0 saturated carbocycles. The van der Waals surface area contributed by atoms with Crippen molar-refractivity contribution in [3.05, 3.63) is 18.3 Å². The lowest BCUT2D eigenvalue weighted by Gasteiger charge is -2.34. The smallest absolute Gasteiger partial charge is 0.249 e. The van der Waals surface area contributed by atoms with Crippen molar-refractivity contribution in [2.45, 2.75) is 6.92 Å². The van der Waals surface area contributed by atoms with Gasteiger partial charge in [0.15, 0.2) is 17.3 Å². The van der Waals surface area contributed by atoms with Crippen molar-refractivity contribution >= 4 is 23.4 Å². The molecule has 1 aromatic heterocycles. The summed E-state index contributed by atoms with van der Waals surface area (Å²) in [7, 11) is 4.66. The fourth-order valence-electron chi connectivity index (χ4n) is 3.03. The maximum Gasteiger partial charge on any atom is 0.249 e. The summed E-state index contributed by atoms with van der Waals surface area (Å²) in [6.07, 6.45) is 1.61. The normalized spacial score (nSPS) is 13.9. The standard InChI is InChI=1S/C18H24N6O4/c1-12(25)23-5-7-24(8-6-23)16-11-19-22-18(21-16)20-13-9-14(26-2)17(28-4)15(10-13)27-3/h9-11H,5-8H2,1-4H3,(H,20,21,22). The molecule has 1 aliphatic rings. The van der Waals surface area contributed by atoms with E-state index in [9.17, 15) is 4.79 Å². The van der Waals surface area contributed by atoms with Crippen molar-refractivity contribution in [2.24, 2.45) is 0 Å². The third-order valence-electron chi connectivity index (χ3n) is 4.52. The van der Waals surface area contributed by atoms with Gasteiger partial charge in [-0.15, -0.1) is 5.10 Å². The largest absolute Gasteiger partial charge is 0.493 e. The van der Waals surface area contributed by atoms with E-state index in [4.69, 9.17) is 14.2 Å². The third kappa shape index (κ3) is 4.16. The maximum absolute atomic E-state index is 11.5. The summed E-state index contributed by atoms with van der Waals surface area (Å²) in [5.41, 5.74) is 0.676. The lowest BCUT2D eigenvalue weighted by molar-refractivity contribution is -0.129. The summed E-state index contributed by atoms with van der Waals surface area (Å²) in [6, 6.07) is 3.53. The van der Waals surface area contributed by atoms with E-state index in [0.29, 0.717) is 60.9 Å². The van der Waals surface area contributed by atoms with Gasteiger partial charge in [-0.25, -0.2) is 0 Å². The molecule has 3 rings (SSSR count). The number of hydrogen-bond acceptors (Lipinski definition) is 9. The molecular formula is C18H24N6O4. The van der Waals surface area contributed by atoms with Crippen molar-refractivity contribution in [1.29, 1.82) is 0 Å². The fraction of sp³-hybridized carbons (Fsp3) is 0.444. The molecule has 0 unspecified atom stereocenters. The zero-order valence-corrected chi connectivity index (χ0v) is 16.4. The first-order chi connectivity index (χ1) is 13.5. The van der Waals surface area contributed by atoms with Crippen molar-refractivity contribution in [2.75, 3.05) is 57.7 Å². The number of methoxy groups -OCH3 is 3.